The van der Waals surface area contributed by atoms with Gasteiger partial charge in [0.15, 0.2) is 0 Å². The smallest absolute Gasteiger partial charge is 0.215 e. The van der Waals surface area contributed by atoms with E-state index in [1.54, 1.807) is 0 Å². The molecule has 0 heterocycles. The summed E-state index contributed by atoms with van der Waals surface area (Å²) in [7, 11) is -3.21. The Morgan fingerprint density at radius 2 is 1.81 bits per heavy atom. The number of hydrogen-bond acceptors (Lipinski definition) is 3. The predicted octanol–water partition coefficient (Wildman–Crippen LogP) is 2.41. The molecular weight excluding hydrogens is 284 g/mol. The van der Waals surface area contributed by atoms with Crippen LogP contribution in [-0.2, 0) is 22.3 Å². The van der Waals surface area contributed by atoms with Crippen molar-refractivity contribution in [2.45, 2.75) is 44.9 Å². The highest BCUT2D eigenvalue weighted by Gasteiger charge is 2.18. The average Bonchev–Trinajstić information content (AvgIpc) is 2.40. The van der Waals surface area contributed by atoms with Crippen LogP contribution in [0.25, 0.3) is 0 Å². The van der Waals surface area contributed by atoms with Gasteiger partial charge in [-0.3, -0.25) is 0 Å². The van der Waals surface area contributed by atoms with E-state index in [4.69, 9.17) is 0 Å². The van der Waals surface area contributed by atoms with Gasteiger partial charge in [0.2, 0.25) is 10.0 Å². The molecule has 1 saturated carbocycles. The van der Waals surface area contributed by atoms with Gasteiger partial charge >= 0.3 is 0 Å². The first kappa shape index (κ1) is 16.5. The van der Waals surface area contributed by atoms with Gasteiger partial charge in [0.1, 0.15) is 0 Å². The van der Waals surface area contributed by atoms with Crippen molar-refractivity contribution in [3.05, 3.63) is 35.4 Å². The van der Waals surface area contributed by atoms with Gasteiger partial charge in [-0.2, -0.15) is 0 Å². The van der Waals surface area contributed by atoms with Crippen LogP contribution in [0.15, 0.2) is 24.3 Å². The van der Waals surface area contributed by atoms with Crippen molar-refractivity contribution < 1.29 is 8.42 Å². The molecule has 0 spiro atoms. The van der Waals surface area contributed by atoms with Gasteiger partial charge in [-0.15, -0.1) is 0 Å². The zero-order valence-electron chi connectivity index (χ0n) is 12.8. The zero-order chi connectivity index (χ0) is 15.1. The van der Waals surface area contributed by atoms with Crippen molar-refractivity contribution in [1.82, 2.24) is 10.0 Å². The second-order valence-electron chi connectivity index (χ2n) is 5.84. The first-order valence-electron chi connectivity index (χ1n) is 7.85. The number of nitrogens with one attached hydrogen (secondary N) is 2. The molecule has 0 unspecified atom stereocenters. The normalized spacial score (nSPS) is 15.9. The van der Waals surface area contributed by atoms with E-state index in [9.17, 15) is 8.42 Å². The Morgan fingerprint density at radius 3 is 2.38 bits per heavy atom. The van der Waals surface area contributed by atoms with Crippen LogP contribution < -0.4 is 10.0 Å². The summed E-state index contributed by atoms with van der Waals surface area (Å²) in [4.78, 5) is 0. The molecule has 21 heavy (non-hydrogen) atoms. The van der Waals surface area contributed by atoms with E-state index in [0.717, 1.165) is 31.0 Å². The maximum absolute atomic E-state index is 12.0. The van der Waals surface area contributed by atoms with E-state index in [1.165, 1.54) is 24.8 Å². The minimum Gasteiger partial charge on any atom is -0.313 e. The first-order chi connectivity index (χ1) is 10.1. The van der Waals surface area contributed by atoms with Crippen molar-refractivity contribution >= 4 is 10.0 Å². The van der Waals surface area contributed by atoms with Gasteiger partial charge in [0.25, 0.3) is 0 Å². The molecule has 118 valence electrons. The van der Waals surface area contributed by atoms with Crippen molar-refractivity contribution in [2.75, 3.05) is 13.1 Å². The van der Waals surface area contributed by atoms with Crippen LogP contribution in [0.5, 0.6) is 0 Å². The summed E-state index contributed by atoms with van der Waals surface area (Å²) in [5.41, 5.74) is 2.02. The van der Waals surface area contributed by atoms with Crippen molar-refractivity contribution in [1.29, 1.82) is 0 Å². The topological polar surface area (TPSA) is 58.2 Å². The molecule has 0 aliphatic heterocycles. The molecule has 5 heteroatoms. The van der Waals surface area contributed by atoms with E-state index in [2.05, 4.69) is 17.0 Å². The van der Waals surface area contributed by atoms with E-state index < -0.39 is 10.0 Å². The molecule has 0 aromatic heterocycles. The molecule has 1 aliphatic carbocycles. The lowest BCUT2D eigenvalue weighted by Gasteiger charge is -2.25. The van der Waals surface area contributed by atoms with Crippen LogP contribution in [0.3, 0.4) is 0 Å². The van der Waals surface area contributed by atoms with Gasteiger partial charge in [-0.05, 0) is 30.0 Å². The summed E-state index contributed by atoms with van der Waals surface area (Å²) in [5.74, 6) is 0.803. The molecule has 2 rings (SSSR count). The third kappa shape index (κ3) is 5.77. The van der Waals surface area contributed by atoms with E-state index in [-0.39, 0.29) is 5.75 Å². The Hall–Kier alpha value is -0.910. The fourth-order valence-corrected chi connectivity index (χ4v) is 3.66. The SMILES string of the molecule is CCNCc1ccc(CS(=O)(=O)NCCC2CCC2)cc1. The summed E-state index contributed by atoms with van der Waals surface area (Å²) >= 11 is 0. The zero-order valence-corrected chi connectivity index (χ0v) is 13.6. The van der Waals surface area contributed by atoms with Gasteiger partial charge < -0.3 is 5.32 Å². The van der Waals surface area contributed by atoms with Gasteiger partial charge in [0, 0.05) is 13.1 Å². The predicted molar refractivity (Wildman–Crippen MR) is 86.4 cm³/mol. The van der Waals surface area contributed by atoms with Crippen molar-refractivity contribution in [3.8, 4) is 0 Å². The van der Waals surface area contributed by atoms with Crippen LogP contribution in [0.1, 0.15) is 43.7 Å². The minimum atomic E-state index is -3.21. The summed E-state index contributed by atoms with van der Waals surface area (Å²) < 4.78 is 26.8. The van der Waals surface area contributed by atoms with Crippen LogP contribution in [0, 0.1) is 5.92 Å². The standard InChI is InChI=1S/C16H26N2O2S/c1-2-17-12-15-6-8-16(9-7-15)13-21(19,20)18-11-10-14-4-3-5-14/h6-9,14,17-18H,2-5,10-13H2,1H3. The highest BCUT2D eigenvalue weighted by molar-refractivity contribution is 7.88. The average molecular weight is 310 g/mol. The van der Waals surface area contributed by atoms with E-state index in [0.29, 0.717) is 6.54 Å². The fourth-order valence-electron chi connectivity index (χ4n) is 2.49. The van der Waals surface area contributed by atoms with Crippen LogP contribution in [-0.4, -0.2) is 21.5 Å². The molecule has 0 atom stereocenters. The molecule has 1 fully saturated rings. The summed E-state index contributed by atoms with van der Waals surface area (Å²) in [6.07, 6.45) is 4.79. The number of sulfonamides is 1. The quantitative estimate of drug-likeness (QED) is 0.736. The molecule has 0 bridgehead atoms. The lowest BCUT2D eigenvalue weighted by atomic mass is 9.83. The third-order valence-corrected chi connectivity index (χ3v) is 5.42. The van der Waals surface area contributed by atoms with Crippen LogP contribution >= 0.6 is 0 Å². The van der Waals surface area contributed by atoms with E-state index in [1.807, 2.05) is 24.3 Å². The van der Waals surface area contributed by atoms with E-state index >= 15 is 0 Å². The van der Waals surface area contributed by atoms with Gasteiger partial charge in [0.05, 0.1) is 5.75 Å². The second-order valence-corrected chi connectivity index (χ2v) is 7.64. The fraction of sp³-hybridized carbons (Fsp3) is 0.625. The maximum Gasteiger partial charge on any atom is 0.215 e. The van der Waals surface area contributed by atoms with Crippen LogP contribution in [0.4, 0.5) is 0 Å². The molecule has 0 saturated heterocycles. The molecule has 0 amide bonds. The van der Waals surface area contributed by atoms with Crippen molar-refractivity contribution in [2.24, 2.45) is 5.92 Å². The van der Waals surface area contributed by atoms with Crippen molar-refractivity contribution in [3.63, 3.8) is 0 Å². The lowest BCUT2D eigenvalue weighted by molar-refractivity contribution is 0.297. The largest absolute Gasteiger partial charge is 0.313 e. The van der Waals surface area contributed by atoms with Gasteiger partial charge in [-0.1, -0.05) is 50.5 Å². The number of rotatable bonds is 9. The Bertz CT molecular complexity index is 522. The highest BCUT2D eigenvalue weighted by atomic mass is 32.2. The monoisotopic (exact) mass is 310 g/mol. The Balaban J connectivity index is 1.78. The molecule has 4 nitrogen and oxygen atoms in total. The lowest BCUT2D eigenvalue weighted by Crippen LogP contribution is -2.28. The molecule has 1 aromatic carbocycles. The van der Waals surface area contributed by atoms with Crippen LogP contribution in [0.2, 0.25) is 0 Å². The highest BCUT2D eigenvalue weighted by Crippen LogP contribution is 2.28. The minimum absolute atomic E-state index is 0.0686. The maximum atomic E-state index is 12.0. The third-order valence-electron chi connectivity index (χ3n) is 4.06. The Labute approximate surface area is 128 Å². The number of hydrogen-bond donors (Lipinski definition) is 2. The molecule has 2 N–H and O–H groups in total. The molecular formula is C16H26N2O2S. The molecule has 1 aliphatic rings. The first-order valence-corrected chi connectivity index (χ1v) is 9.50. The molecule has 1 aromatic rings. The Morgan fingerprint density at radius 1 is 1.14 bits per heavy atom. The Kier molecular flexibility index (Phi) is 6.21. The summed E-state index contributed by atoms with van der Waals surface area (Å²) in [6, 6.07) is 7.78. The molecule has 0 radical (unpaired) electrons. The number of benzene rings is 1. The van der Waals surface area contributed by atoms with Gasteiger partial charge in [-0.25, -0.2) is 13.1 Å². The second kappa shape index (κ2) is 7.92. The summed E-state index contributed by atoms with van der Waals surface area (Å²) in [5, 5.41) is 3.25. The summed E-state index contributed by atoms with van der Waals surface area (Å²) in [6.45, 7) is 4.39.